The van der Waals surface area contributed by atoms with E-state index in [0.29, 0.717) is 12.6 Å². The first-order valence-corrected chi connectivity index (χ1v) is 4.86. The molecule has 0 spiro atoms. The minimum atomic E-state index is -0.715. The Morgan fingerprint density at radius 3 is 3.00 bits per heavy atom. The number of aliphatic carboxylic acids is 1. The van der Waals surface area contributed by atoms with E-state index >= 15 is 0 Å². The standard InChI is InChI=1S/C9H18N2O2/c1-3-7(2)11-5-4-10-6-8(11)9(12)13/h7-8,10H,3-6H2,1-2H3,(H,12,13). The van der Waals surface area contributed by atoms with Crippen LogP contribution in [-0.2, 0) is 4.79 Å². The van der Waals surface area contributed by atoms with E-state index in [-0.39, 0.29) is 6.04 Å². The fraction of sp³-hybridized carbons (Fsp3) is 0.889. The Morgan fingerprint density at radius 2 is 2.46 bits per heavy atom. The average molecular weight is 186 g/mol. The van der Waals surface area contributed by atoms with Gasteiger partial charge in [0, 0.05) is 25.7 Å². The maximum absolute atomic E-state index is 10.9. The summed E-state index contributed by atoms with van der Waals surface area (Å²) < 4.78 is 0. The lowest BCUT2D eigenvalue weighted by Gasteiger charge is -2.37. The van der Waals surface area contributed by atoms with Crippen molar-refractivity contribution in [3.8, 4) is 0 Å². The Labute approximate surface area is 78.9 Å². The van der Waals surface area contributed by atoms with Crippen LogP contribution in [0.1, 0.15) is 20.3 Å². The third-order valence-corrected chi connectivity index (χ3v) is 2.73. The molecule has 0 aromatic carbocycles. The number of nitrogens with one attached hydrogen (secondary N) is 1. The molecule has 1 aliphatic heterocycles. The molecule has 0 saturated carbocycles. The van der Waals surface area contributed by atoms with Crippen LogP contribution >= 0.6 is 0 Å². The number of carbonyl (C=O) groups is 1. The molecule has 0 aromatic heterocycles. The molecule has 1 rings (SSSR count). The summed E-state index contributed by atoms with van der Waals surface area (Å²) in [4.78, 5) is 13.0. The van der Waals surface area contributed by atoms with Gasteiger partial charge in [-0.05, 0) is 13.3 Å². The van der Waals surface area contributed by atoms with Gasteiger partial charge in [-0.25, -0.2) is 0 Å². The Balaban J connectivity index is 2.61. The highest BCUT2D eigenvalue weighted by molar-refractivity contribution is 5.74. The molecule has 2 N–H and O–H groups in total. The Bertz CT molecular complexity index is 184. The first kappa shape index (κ1) is 10.5. The van der Waals surface area contributed by atoms with Gasteiger partial charge in [-0.15, -0.1) is 0 Å². The van der Waals surface area contributed by atoms with Gasteiger partial charge in [0.1, 0.15) is 6.04 Å². The van der Waals surface area contributed by atoms with Crippen molar-refractivity contribution in [3.05, 3.63) is 0 Å². The van der Waals surface area contributed by atoms with E-state index < -0.39 is 5.97 Å². The fourth-order valence-corrected chi connectivity index (χ4v) is 1.71. The third-order valence-electron chi connectivity index (χ3n) is 2.73. The second-order valence-electron chi connectivity index (χ2n) is 3.55. The summed E-state index contributed by atoms with van der Waals surface area (Å²) in [5, 5.41) is 12.1. The van der Waals surface area contributed by atoms with Crippen molar-refractivity contribution >= 4 is 5.97 Å². The topological polar surface area (TPSA) is 52.6 Å². The maximum Gasteiger partial charge on any atom is 0.322 e. The molecule has 0 amide bonds. The van der Waals surface area contributed by atoms with E-state index in [4.69, 9.17) is 5.11 Å². The minimum Gasteiger partial charge on any atom is -0.480 e. The molecular formula is C9H18N2O2. The molecule has 0 bridgehead atoms. The van der Waals surface area contributed by atoms with Gasteiger partial charge in [-0.2, -0.15) is 0 Å². The summed E-state index contributed by atoms with van der Waals surface area (Å²) in [7, 11) is 0. The van der Waals surface area contributed by atoms with Crippen molar-refractivity contribution in [1.29, 1.82) is 0 Å². The normalized spacial score (nSPS) is 27.1. The van der Waals surface area contributed by atoms with Crippen LogP contribution in [-0.4, -0.2) is 47.7 Å². The largest absolute Gasteiger partial charge is 0.480 e. The quantitative estimate of drug-likeness (QED) is 0.658. The van der Waals surface area contributed by atoms with Crippen molar-refractivity contribution in [3.63, 3.8) is 0 Å². The number of carboxylic acids is 1. The number of piperazine rings is 1. The lowest BCUT2D eigenvalue weighted by molar-refractivity contribution is -0.145. The van der Waals surface area contributed by atoms with Crippen molar-refractivity contribution in [2.45, 2.75) is 32.4 Å². The van der Waals surface area contributed by atoms with Crippen LogP contribution in [0.25, 0.3) is 0 Å². The zero-order valence-corrected chi connectivity index (χ0v) is 8.29. The van der Waals surface area contributed by atoms with Crippen LogP contribution in [0.15, 0.2) is 0 Å². The van der Waals surface area contributed by atoms with Gasteiger partial charge in [0.25, 0.3) is 0 Å². The second-order valence-corrected chi connectivity index (χ2v) is 3.55. The van der Waals surface area contributed by atoms with Crippen LogP contribution < -0.4 is 5.32 Å². The maximum atomic E-state index is 10.9. The SMILES string of the molecule is CCC(C)N1CCNCC1C(=O)O. The third kappa shape index (κ3) is 2.42. The first-order chi connectivity index (χ1) is 6.16. The molecule has 4 heteroatoms. The van der Waals surface area contributed by atoms with Crippen molar-refractivity contribution in [2.24, 2.45) is 0 Å². The first-order valence-electron chi connectivity index (χ1n) is 4.86. The highest BCUT2D eigenvalue weighted by atomic mass is 16.4. The number of carboxylic acid groups (broad SMARTS) is 1. The summed E-state index contributed by atoms with van der Waals surface area (Å²) in [5.74, 6) is -0.715. The Hall–Kier alpha value is -0.610. The van der Waals surface area contributed by atoms with Crippen LogP contribution in [0.3, 0.4) is 0 Å². The lowest BCUT2D eigenvalue weighted by atomic mass is 10.1. The van der Waals surface area contributed by atoms with Gasteiger partial charge in [0.15, 0.2) is 0 Å². The van der Waals surface area contributed by atoms with Gasteiger partial charge in [0.2, 0.25) is 0 Å². The van der Waals surface area contributed by atoms with Crippen LogP contribution in [0.2, 0.25) is 0 Å². The number of hydrogen-bond donors (Lipinski definition) is 2. The van der Waals surface area contributed by atoms with E-state index in [2.05, 4.69) is 24.1 Å². The molecule has 1 fully saturated rings. The molecule has 1 saturated heterocycles. The number of hydrogen-bond acceptors (Lipinski definition) is 3. The smallest absolute Gasteiger partial charge is 0.322 e. The van der Waals surface area contributed by atoms with E-state index in [1.165, 1.54) is 0 Å². The fourth-order valence-electron chi connectivity index (χ4n) is 1.71. The number of nitrogens with zero attached hydrogens (tertiary/aromatic N) is 1. The summed E-state index contributed by atoms with van der Waals surface area (Å²) in [6, 6.07) is 0.0203. The summed E-state index contributed by atoms with van der Waals surface area (Å²) >= 11 is 0. The zero-order valence-electron chi connectivity index (χ0n) is 8.29. The predicted octanol–water partition coefficient (Wildman–Crippen LogP) is 0.143. The molecule has 1 heterocycles. The van der Waals surface area contributed by atoms with Crippen LogP contribution in [0.4, 0.5) is 0 Å². The zero-order chi connectivity index (χ0) is 9.84. The second kappa shape index (κ2) is 4.58. The van der Waals surface area contributed by atoms with E-state index in [1.807, 2.05) is 0 Å². The summed E-state index contributed by atoms with van der Waals surface area (Å²) in [5.41, 5.74) is 0. The van der Waals surface area contributed by atoms with E-state index in [9.17, 15) is 4.79 Å². The van der Waals surface area contributed by atoms with Gasteiger partial charge in [-0.3, -0.25) is 9.69 Å². The minimum absolute atomic E-state index is 0.344. The van der Waals surface area contributed by atoms with Crippen molar-refractivity contribution in [1.82, 2.24) is 10.2 Å². The molecular weight excluding hydrogens is 168 g/mol. The molecule has 76 valence electrons. The molecule has 13 heavy (non-hydrogen) atoms. The van der Waals surface area contributed by atoms with Crippen molar-refractivity contribution in [2.75, 3.05) is 19.6 Å². The Morgan fingerprint density at radius 1 is 1.77 bits per heavy atom. The highest BCUT2D eigenvalue weighted by Gasteiger charge is 2.30. The number of rotatable bonds is 3. The van der Waals surface area contributed by atoms with E-state index in [0.717, 1.165) is 19.5 Å². The van der Waals surface area contributed by atoms with Gasteiger partial charge < -0.3 is 10.4 Å². The molecule has 4 nitrogen and oxygen atoms in total. The van der Waals surface area contributed by atoms with E-state index in [1.54, 1.807) is 0 Å². The van der Waals surface area contributed by atoms with Gasteiger partial charge >= 0.3 is 5.97 Å². The molecule has 2 atom stereocenters. The highest BCUT2D eigenvalue weighted by Crippen LogP contribution is 2.10. The Kier molecular flexibility index (Phi) is 3.69. The molecule has 0 aromatic rings. The average Bonchev–Trinajstić information content (AvgIpc) is 2.16. The molecule has 0 aliphatic carbocycles. The monoisotopic (exact) mass is 186 g/mol. The van der Waals surface area contributed by atoms with Crippen LogP contribution in [0, 0.1) is 0 Å². The van der Waals surface area contributed by atoms with Gasteiger partial charge in [-0.1, -0.05) is 6.92 Å². The molecule has 0 radical (unpaired) electrons. The molecule has 2 unspecified atom stereocenters. The summed E-state index contributed by atoms with van der Waals surface area (Å²) in [6.45, 7) is 6.48. The summed E-state index contributed by atoms with van der Waals surface area (Å²) in [6.07, 6.45) is 1.00. The predicted molar refractivity (Wildman–Crippen MR) is 50.8 cm³/mol. The van der Waals surface area contributed by atoms with Gasteiger partial charge in [0.05, 0.1) is 0 Å². The van der Waals surface area contributed by atoms with Crippen molar-refractivity contribution < 1.29 is 9.90 Å². The van der Waals surface area contributed by atoms with Crippen LogP contribution in [0.5, 0.6) is 0 Å². The lowest BCUT2D eigenvalue weighted by Crippen LogP contribution is -2.57. The molecule has 1 aliphatic rings.